The van der Waals surface area contributed by atoms with E-state index in [0.717, 1.165) is 6.07 Å². The first kappa shape index (κ1) is 14.2. The summed E-state index contributed by atoms with van der Waals surface area (Å²) in [7, 11) is 0. The number of benzene rings is 2. The van der Waals surface area contributed by atoms with Gasteiger partial charge in [-0.15, -0.1) is 0 Å². The van der Waals surface area contributed by atoms with Crippen molar-refractivity contribution >= 4 is 45.8 Å². The van der Waals surface area contributed by atoms with Crippen molar-refractivity contribution in [1.82, 2.24) is 0 Å². The number of anilines is 1. The highest BCUT2D eigenvalue weighted by atomic mass is 127. The topological polar surface area (TPSA) is 29.1 Å². The molecule has 0 spiro atoms. The van der Waals surface area contributed by atoms with Crippen LogP contribution in [0.15, 0.2) is 36.4 Å². The Kier molecular flexibility index (Phi) is 4.36. The summed E-state index contributed by atoms with van der Waals surface area (Å²) in [4.78, 5) is 12.0. The van der Waals surface area contributed by atoms with Gasteiger partial charge in [0, 0.05) is 3.57 Å². The maximum Gasteiger partial charge on any atom is 0.256 e. The molecule has 0 heterocycles. The van der Waals surface area contributed by atoms with E-state index in [4.69, 9.17) is 11.6 Å². The van der Waals surface area contributed by atoms with Crippen molar-refractivity contribution in [3.8, 4) is 0 Å². The number of carbonyl (C=O) groups excluding carboxylic acids is 1. The summed E-state index contributed by atoms with van der Waals surface area (Å²) in [6, 6.07) is 7.49. The Labute approximate surface area is 126 Å². The van der Waals surface area contributed by atoms with E-state index in [1.54, 1.807) is 0 Å². The van der Waals surface area contributed by atoms with Crippen LogP contribution >= 0.6 is 34.2 Å². The van der Waals surface area contributed by atoms with Gasteiger partial charge in [0.2, 0.25) is 0 Å². The molecule has 1 amide bonds. The van der Waals surface area contributed by atoms with Gasteiger partial charge in [0.05, 0.1) is 16.3 Å². The number of amides is 1. The Morgan fingerprint density at radius 3 is 2.37 bits per heavy atom. The van der Waals surface area contributed by atoms with Crippen molar-refractivity contribution in [1.29, 1.82) is 0 Å². The minimum atomic E-state index is -0.487. The molecule has 0 aliphatic heterocycles. The van der Waals surface area contributed by atoms with Crippen molar-refractivity contribution in [2.24, 2.45) is 0 Å². The Bertz CT molecular complexity index is 649. The molecule has 6 heteroatoms. The number of hydrogen-bond donors (Lipinski definition) is 1. The largest absolute Gasteiger partial charge is 0.321 e. The van der Waals surface area contributed by atoms with Gasteiger partial charge in [-0.3, -0.25) is 4.79 Å². The molecule has 0 atom stereocenters. The fourth-order valence-electron chi connectivity index (χ4n) is 1.45. The molecule has 0 radical (unpaired) electrons. The monoisotopic (exact) mass is 393 g/mol. The lowest BCUT2D eigenvalue weighted by Crippen LogP contribution is -2.14. The van der Waals surface area contributed by atoms with Crippen LogP contribution in [-0.2, 0) is 0 Å². The number of halogens is 4. The third-order valence-electron chi connectivity index (χ3n) is 2.36. The zero-order valence-electron chi connectivity index (χ0n) is 9.38. The second-order valence-corrected chi connectivity index (χ2v) is 5.27. The molecule has 0 unspecified atom stereocenters. The third-order valence-corrected chi connectivity index (χ3v) is 3.56. The molecule has 1 N–H and O–H groups in total. The summed E-state index contributed by atoms with van der Waals surface area (Å²) in [6.45, 7) is 0. The molecular weight excluding hydrogens is 387 g/mol. The first-order valence-electron chi connectivity index (χ1n) is 5.19. The molecular formula is C13H7ClF2INO. The van der Waals surface area contributed by atoms with E-state index in [2.05, 4.69) is 5.32 Å². The van der Waals surface area contributed by atoms with Gasteiger partial charge in [0.25, 0.3) is 5.91 Å². The second-order valence-electron chi connectivity index (χ2n) is 3.70. The van der Waals surface area contributed by atoms with Crippen LogP contribution in [0.2, 0.25) is 5.02 Å². The van der Waals surface area contributed by atoms with Crippen LogP contribution in [0.3, 0.4) is 0 Å². The number of nitrogens with one attached hydrogen (secondary N) is 1. The standard InChI is InChI=1S/C13H7ClF2INO/c14-10-5-7(15)2-4-12(10)18-13(19)9-3-1-8(16)6-11(9)17/h1-6H,(H,18,19). The maximum atomic E-state index is 12.9. The summed E-state index contributed by atoms with van der Waals surface area (Å²) in [5, 5.41) is 2.65. The van der Waals surface area contributed by atoms with Gasteiger partial charge in [-0.2, -0.15) is 0 Å². The minimum absolute atomic E-state index is 0.102. The molecule has 98 valence electrons. The normalized spacial score (nSPS) is 10.3. The maximum absolute atomic E-state index is 12.9. The van der Waals surface area contributed by atoms with E-state index in [9.17, 15) is 13.6 Å². The van der Waals surface area contributed by atoms with Crippen molar-refractivity contribution < 1.29 is 13.6 Å². The van der Waals surface area contributed by atoms with E-state index < -0.39 is 17.5 Å². The first-order valence-corrected chi connectivity index (χ1v) is 6.64. The SMILES string of the molecule is O=C(Nc1ccc(F)cc1Cl)c1ccc(F)cc1I. The molecule has 2 aromatic carbocycles. The number of carbonyl (C=O) groups is 1. The highest BCUT2D eigenvalue weighted by molar-refractivity contribution is 14.1. The number of rotatable bonds is 2. The fourth-order valence-corrected chi connectivity index (χ4v) is 2.39. The van der Waals surface area contributed by atoms with Gasteiger partial charge in [-0.1, -0.05) is 11.6 Å². The highest BCUT2D eigenvalue weighted by Crippen LogP contribution is 2.24. The van der Waals surface area contributed by atoms with Gasteiger partial charge >= 0.3 is 0 Å². The van der Waals surface area contributed by atoms with Gasteiger partial charge in [0.1, 0.15) is 11.6 Å². The average Bonchev–Trinajstić information content (AvgIpc) is 2.32. The van der Waals surface area contributed by atoms with E-state index in [0.29, 0.717) is 14.8 Å². The Balaban J connectivity index is 2.25. The Hall–Kier alpha value is -1.21. The fraction of sp³-hybridized carbons (Fsp3) is 0. The zero-order valence-corrected chi connectivity index (χ0v) is 12.3. The van der Waals surface area contributed by atoms with Crippen LogP contribution in [-0.4, -0.2) is 5.91 Å². The molecule has 0 aliphatic carbocycles. The minimum Gasteiger partial charge on any atom is -0.321 e. The Morgan fingerprint density at radius 2 is 1.74 bits per heavy atom. The van der Waals surface area contributed by atoms with Crippen molar-refractivity contribution in [2.45, 2.75) is 0 Å². The lowest BCUT2D eigenvalue weighted by Gasteiger charge is -2.08. The summed E-state index contributed by atoms with van der Waals surface area (Å²) in [5.41, 5.74) is 0.621. The predicted octanol–water partition coefficient (Wildman–Crippen LogP) is 4.48. The van der Waals surface area contributed by atoms with Gasteiger partial charge in [-0.05, 0) is 59.0 Å². The molecule has 0 saturated carbocycles. The van der Waals surface area contributed by atoms with Crippen LogP contribution < -0.4 is 5.32 Å². The third kappa shape index (κ3) is 3.42. The van der Waals surface area contributed by atoms with E-state index >= 15 is 0 Å². The smallest absolute Gasteiger partial charge is 0.256 e. The quantitative estimate of drug-likeness (QED) is 0.749. The zero-order chi connectivity index (χ0) is 14.0. The summed E-state index contributed by atoms with van der Waals surface area (Å²) < 4.78 is 26.3. The van der Waals surface area contributed by atoms with Crippen LogP contribution in [0.1, 0.15) is 10.4 Å². The highest BCUT2D eigenvalue weighted by Gasteiger charge is 2.12. The van der Waals surface area contributed by atoms with Crippen LogP contribution in [0.25, 0.3) is 0 Å². The van der Waals surface area contributed by atoms with Gasteiger partial charge < -0.3 is 5.32 Å². The molecule has 0 saturated heterocycles. The molecule has 19 heavy (non-hydrogen) atoms. The molecule has 2 nitrogen and oxygen atoms in total. The first-order chi connectivity index (χ1) is 8.97. The Morgan fingerprint density at radius 1 is 1.11 bits per heavy atom. The van der Waals surface area contributed by atoms with Crippen LogP contribution in [0, 0.1) is 15.2 Å². The van der Waals surface area contributed by atoms with Crippen molar-refractivity contribution in [2.75, 3.05) is 5.32 Å². The number of hydrogen-bond acceptors (Lipinski definition) is 1. The summed E-state index contributed by atoms with van der Waals surface area (Å²) in [6.07, 6.45) is 0. The molecule has 0 fully saturated rings. The predicted molar refractivity (Wildman–Crippen MR) is 78.5 cm³/mol. The average molecular weight is 394 g/mol. The van der Waals surface area contributed by atoms with Crippen molar-refractivity contribution in [3.63, 3.8) is 0 Å². The molecule has 0 aliphatic rings. The van der Waals surface area contributed by atoms with Crippen molar-refractivity contribution in [3.05, 3.63) is 62.2 Å². The molecule has 0 bridgehead atoms. The second kappa shape index (κ2) is 5.83. The lowest BCUT2D eigenvalue weighted by atomic mass is 10.2. The van der Waals surface area contributed by atoms with E-state index in [1.165, 1.54) is 30.3 Å². The molecule has 2 aromatic rings. The van der Waals surface area contributed by atoms with E-state index in [1.807, 2.05) is 22.6 Å². The van der Waals surface area contributed by atoms with Gasteiger partial charge in [-0.25, -0.2) is 8.78 Å². The van der Waals surface area contributed by atoms with Crippen LogP contribution in [0.4, 0.5) is 14.5 Å². The molecule has 2 rings (SSSR count). The van der Waals surface area contributed by atoms with Gasteiger partial charge in [0.15, 0.2) is 0 Å². The summed E-state index contributed by atoms with van der Waals surface area (Å²) in [5.74, 6) is -1.34. The lowest BCUT2D eigenvalue weighted by molar-refractivity contribution is 0.102. The molecule has 0 aromatic heterocycles. The van der Waals surface area contributed by atoms with E-state index in [-0.39, 0.29) is 5.02 Å². The summed E-state index contributed by atoms with van der Waals surface area (Å²) >= 11 is 7.67. The van der Waals surface area contributed by atoms with Crippen LogP contribution in [0.5, 0.6) is 0 Å².